The molecule has 3 rings (SSSR count). The average Bonchev–Trinajstić information content (AvgIpc) is 2.62. The molecule has 0 saturated carbocycles. The van der Waals surface area contributed by atoms with Crippen molar-refractivity contribution in [2.24, 2.45) is 0 Å². The van der Waals surface area contributed by atoms with Crippen LogP contribution in [0.2, 0.25) is 0 Å². The van der Waals surface area contributed by atoms with E-state index in [1.807, 2.05) is 37.1 Å². The summed E-state index contributed by atoms with van der Waals surface area (Å²) in [5, 5.41) is 0. The van der Waals surface area contributed by atoms with E-state index in [4.69, 9.17) is 4.98 Å². The first-order chi connectivity index (χ1) is 11.2. The topological polar surface area (TPSA) is 59.0 Å². The molecule has 0 aromatic carbocycles. The van der Waals surface area contributed by atoms with E-state index in [-0.39, 0.29) is 11.8 Å². The zero-order valence-electron chi connectivity index (χ0n) is 13.7. The highest BCUT2D eigenvalue weighted by Crippen LogP contribution is 2.32. The number of rotatable bonds is 3. The standard InChI is InChI=1S/C18H22N4O/c1-3-17(23)22-10-4-5-15(12-22)18-16(11-20-13(2)21-18)14-6-8-19-9-7-14/h6-9,11,15H,3-5,10,12H2,1-2H3/t15-/m1/s1. The summed E-state index contributed by atoms with van der Waals surface area (Å²) in [6, 6.07) is 3.96. The van der Waals surface area contributed by atoms with Crippen LogP contribution < -0.4 is 0 Å². The zero-order chi connectivity index (χ0) is 16.2. The summed E-state index contributed by atoms with van der Waals surface area (Å²) in [6.07, 6.45) is 8.11. The van der Waals surface area contributed by atoms with Gasteiger partial charge in [-0.25, -0.2) is 9.97 Å². The van der Waals surface area contributed by atoms with Gasteiger partial charge in [-0.2, -0.15) is 0 Å². The molecule has 1 atom stereocenters. The smallest absolute Gasteiger partial charge is 0.222 e. The number of aromatic nitrogens is 3. The molecule has 1 saturated heterocycles. The lowest BCUT2D eigenvalue weighted by Crippen LogP contribution is -2.39. The molecule has 5 heteroatoms. The van der Waals surface area contributed by atoms with Gasteiger partial charge in [0.05, 0.1) is 5.69 Å². The van der Waals surface area contributed by atoms with Gasteiger partial charge in [-0.3, -0.25) is 9.78 Å². The van der Waals surface area contributed by atoms with E-state index in [0.717, 1.165) is 48.6 Å². The van der Waals surface area contributed by atoms with Crippen molar-refractivity contribution in [1.29, 1.82) is 0 Å². The summed E-state index contributed by atoms with van der Waals surface area (Å²) >= 11 is 0. The molecular weight excluding hydrogens is 288 g/mol. The van der Waals surface area contributed by atoms with Crippen molar-refractivity contribution in [3.63, 3.8) is 0 Å². The molecule has 5 nitrogen and oxygen atoms in total. The van der Waals surface area contributed by atoms with E-state index in [2.05, 4.69) is 9.97 Å². The fourth-order valence-electron chi connectivity index (χ4n) is 3.20. The van der Waals surface area contributed by atoms with Gasteiger partial charge in [0, 0.05) is 49.6 Å². The SMILES string of the molecule is CCC(=O)N1CCC[C@@H](c2nc(C)ncc2-c2ccncc2)C1. The normalized spacial score (nSPS) is 18.0. The third-order valence-corrected chi connectivity index (χ3v) is 4.39. The zero-order valence-corrected chi connectivity index (χ0v) is 13.7. The monoisotopic (exact) mass is 310 g/mol. The maximum absolute atomic E-state index is 12.1. The molecule has 1 fully saturated rings. The minimum absolute atomic E-state index is 0.228. The van der Waals surface area contributed by atoms with E-state index in [1.165, 1.54) is 0 Å². The number of pyridine rings is 1. The average molecular weight is 310 g/mol. The van der Waals surface area contributed by atoms with Crippen molar-refractivity contribution in [2.45, 2.75) is 39.0 Å². The number of aryl methyl sites for hydroxylation is 1. The van der Waals surface area contributed by atoms with Gasteiger partial charge in [0.25, 0.3) is 0 Å². The van der Waals surface area contributed by atoms with Gasteiger partial charge in [0.15, 0.2) is 0 Å². The fraction of sp³-hybridized carbons (Fsp3) is 0.444. The third kappa shape index (κ3) is 3.38. The van der Waals surface area contributed by atoms with E-state index in [1.54, 1.807) is 12.4 Å². The second-order valence-electron chi connectivity index (χ2n) is 5.98. The Bertz CT molecular complexity index is 687. The molecule has 1 aliphatic heterocycles. The Balaban J connectivity index is 1.95. The highest BCUT2D eigenvalue weighted by molar-refractivity contribution is 5.76. The molecule has 0 bridgehead atoms. The van der Waals surface area contributed by atoms with Crippen LogP contribution in [0.4, 0.5) is 0 Å². The van der Waals surface area contributed by atoms with Crippen LogP contribution in [-0.2, 0) is 4.79 Å². The Labute approximate surface area is 136 Å². The summed E-state index contributed by atoms with van der Waals surface area (Å²) in [5.74, 6) is 1.27. The van der Waals surface area contributed by atoms with Crippen LogP contribution >= 0.6 is 0 Å². The predicted molar refractivity (Wildman–Crippen MR) is 88.8 cm³/mol. The summed E-state index contributed by atoms with van der Waals surface area (Å²) in [6.45, 7) is 5.44. The quantitative estimate of drug-likeness (QED) is 0.874. The maximum atomic E-state index is 12.1. The molecule has 1 amide bonds. The van der Waals surface area contributed by atoms with Crippen LogP contribution in [-0.4, -0.2) is 38.8 Å². The molecule has 0 unspecified atom stereocenters. The lowest BCUT2D eigenvalue weighted by atomic mass is 9.90. The number of carbonyl (C=O) groups is 1. The number of hydrogen-bond acceptors (Lipinski definition) is 4. The Hall–Kier alpha value is -2.30. The summed E-state index contributed by atoms with van der Waals surface area (Å²) < 4.78 is 0. The molecule has 3 heterocycles. The first-order valence-corrected chi connectivity index (χ1v) is 8.20. The van der Waals surface area contributed by atoms with Crippen LogP contribution in [0.5, 0.6) is 0 Å². The van der Waals surface area contributed by atoms with Gasteiger partial charge < -0.3 is 4.90 Å². The third-order valence-electron chi connectivity index (χ3n) is 4.39. The summed E-state index contributed by atoms with van der Waals surface area (Å²) in [5.41, 5.74) is 3.18. The molecule has 0 N–H and O–H groups in total. The van der Waals surface area contributed by atoms with Gasteiger partial charge in [-0.05, 0) is 37.5 Å². The van der Waals surface area contributed by atoms with Crippen molar-refractivity contribution >= 4 is 5.91 Å². The molecule has 1 aliphatic rings. The van der Waals surface area contributed by atoms with Crippen LogP contribution in [0, 0.1) is 6.92 Å². The molecular formula is C18H22N4O. The van der Waals surface area contributed by atoms with Crippen LogP contribution in [0.3, 0.4) is 0 Å². The minimum Gasteiger partial charge on any atom is -0.342 e. The second-order valence-corrected chi connectivity index (χ2v) is 5.98. The molecule has 120 valence electrons. The largest absolute Gasteiger partial charge is 0.342 e. The highest BCUT2D eigenvalue weighted by atomic mass is 16.2. The fourth-order valence-corrected chi connectivity index (χ4v) is 3.20. The number of carbonyl (C=O) groups excluding carboxylic acids is 1. The van der Waals surface area contributed by atoms with Crippen LogP contribution in [0.15, 0.2) is 30.7 Å². The van der Waals surface area contributed by atoms with Gasteiger partial charge >= 0.3 is 0 Å². The number of hydrogen-bond donors (Lipinski definition) is 0. The predicted octanol–water partition coefficient (Wildman–Crippen LogP) is 2.96. The van der Waals surface area contributed by atoms with E-state index < -0.39 is 0 Å². The van der Waals surface area contributed by atoms with Crippen molar-refractivity contribution in [2.75, 3.05) is 13.1 Å². The second kappa shape index (κ2) is 6.86. The molecule has 0 radical (unpaired) electrons. The van der Waals surface area contributed by atoms with Crippen molar-refractivity contribution < 1.29 is 4.79 Å². The Morgan fingerprint density at radius 2 is 2.13 bits per heavy atom. The van der Waals surface area contributed by atoms with E-state index in [0.29, 0.717) is 6.42 Å². The van der Waals surface area contributed by atoms with Gasteiger partial charge in [0.2, 0.25) is 5.91 Å². The van der Waals surface area contributed by atoms with Crippen molar-refractivity contribution in [3.8, 4) is 11.1 Å². The van der Waals surface area contributed by atoms with Crippen LogP contribution in [0.1, 0.15) is 43.6 Å². The first-order valence-electron chi connectivity index (χ1n) is 8.20. The number of likely N-dealkylation sites (tertiary alicyclic amines) is 1. The van der Waals surface area contributed by atoms with Gasteiger partial charge in [-0.15, -0.1) is 0 Å². The first kappa shape index (κ1) is 15.6. The lowest BCUT2D eigenvalue weighted by Gasteiger charge is -2.33. The van der Waals surface area contributed by atoms with E-state index >= 15 is 0 Å². The molecule has 2 aromatic rings. The van der Waals surface area contributed by atoms with Crippen molar-refractivity contribution in [1.82, 2.24) is 19.9 Å². The molecule has 23 heavy (non-hydrogen) atoms. The maximum Gasteiger partial charge on any atom is 0.222 e. The highest BCUT2D eigenvalue weighted by Gasteiger charge is 2.27. The van der Waals surface area contributed by atoms with Crippen LogP contribution in [0.25, 0.3) is 11.1 Å². The number of piperidine rings is 1. The Morgan fingerprint density at radius 3 is 2.87 bits per heavy atom. The molecule has 0 spiro atoms. The number of amides is 1. The summed E-state index contributed by atoms with van der Waals surface area (Å²) in [7, 11) is 0. The Kier molecular flexibility index (Phi) is 4.65. The van der Waals surface area contributed by atoms with E-state index in [9.17, 15) is 4.79 Å². The number of nitrogens with zero attached hydrogens (tertiary/aromatic N) is 4. The lowest BCUT2D eigenvalue weighted by molar-refractivity contribution is -0.132. The molecule has 0 aliphatic carbocycles. The summed E-state index contributed by atoms with van der Waals surface area (Å²) in [4.78, 5) is 27.2. The minimum atomic E-state index is 0.228. The van der Waals surface area contributed by atoms with Gasteiger partial charge in [-0.1, -0.05) is 6.92 Å². The van der Waals surface area contributed by atoms with Crippen molar-refractivity contribution in [3.05, 3.63) is 42.2 Å². The van der Waals surface area contributed by atoms with Gasteiger partial charge in [0.1, 0.15) is 5.82 Å². The Morgan fingerprint density at radius 1 is 1.35 bits per heavy atom. The molecule has 2 aromatic heterocycles.